The molecule has 1 aromatic heterocycles. The standard InChI is InChI=1S/C15H25N3/c1-3-6-12(16-9-4-2)10-15-13-7-5-8-14(13)17-11-18-15/h11-12,16H,3-10H2,1-2H3. The van der Waals surface area contributed by atoms with E-state index >= 15 is 0 Å². The van der Waals surface area contributed by atoms with E-state index in [4.69, 9.17) is 0 Å². The van der Waals surface area contributed by atoms with Gasteiger partial charge in [-0.1, -0.05) is 20.3 Å². The van der Waals surface area contributed by atoms with E-state index in [9.17, 15) is 0 Å². The van der Waals surface area contributed by atoms with Gasteiger partial charge in [0.15, 0.2) is 0 Å². The van der Waals surface area contributed by atoms with Crippen LogP contribution in [-0.2, 0) is 19.3 Å². The van der Waals surface area contributed by atoms with E-state index in [1.807, 2.05) is 0 Å². The Morgan fingerprint density at radius 1 is 1.22 bits per heavy atom. The minimum Gasteiger partial charge on any atom is -0.314 e. The second-order valence-corrected chi connectivity index (χ2v) is 5.24. The zero-order valence-corrected chi connectivity index (χ0v) is 11.7. The normalized spacial score (nSPS) is 15.7. The molecule has 0 aromatic carbocycles. The highest BCUT2D eigenvalue weighted by Crippen LogP contribution is 2.23. The third-order valence-corrected chi connectivity index (χ3v) is 3.72. The van der Waals surface area contributed by atoms with Crippen LogP contribution in [0.1, 0.15) is 56.5 Å². The summed E-state index contributed by atoms with van der Waals surface area (Å²) in [6.45, 7) is 5.58. The van der Waals surface area contributed by atoms with Gasteiger partial charge in [0.1, 0.15) is 6.33 Å². The van der Waals surface area contributed by atoms with Crippen molar-refractivity contribution in [2.75, 3.05) is 6.54 Å². The minimum absolute atomic E-state index is 0.578. The lowest BCUT2D eigenvalue weighted by atomic mass is 10.0. The average molecular weight is 247 g/mol. The van der Waals surface area contributed by atoms with Crippen molar-refractivity contribution in [3.05, 3.63) is 23.3 Å². The number of fused-ring (bicyclic) bond motifs is 1. The van der Waals surface area contributed by atoms with Gasteiger partial charge in [-0.25, -0.2) is 9.97 Å². The van der Waals surface area contributed by atoms with Crippen LogP contribution in [0, 0.1) is 0 Å². The van der Waals surface area contributed by atoms with Gasteiger partial charge in [0.25, 0.3) is 0 Å². The highest BCUT2D eigenvalue weighted by Gasteiger charge is 2.19. The van der Waals surface area contributed by atoms with Crippen LogP contribution in [0.2, 0.25) is 0 Å². The fourth-order valence-electron chi connectivity index (χ4n) is 2.81. The van der Waals surface area contributed by atoms with Gasteiger partial charge >= 0.3 is 0 Å². The summed E-state index contributed by atoms with van der Waals surface area (Å²) in [4.78, 5) is 8.93. The molecule has 1 aromatic rings. The first-order valence-electron chi connectivity index (χ1n) is 7.40. The summed E-state index contributed by atoms with van der Waals surface area (Å²) in [6, 6.07) is 0.578. The Bertz CT molecular complexity index is 376. The van der Waals surface area contributed by atoms with Crippen molar-refractivity contribution in [1.82, 2.24) is 15.3 Å². The van der Waals surface area contributed by atoms with Gasteiger partial charge in [-0.15, -0.1) is 0 Å². The van der Waals surface area contributed by atoms with E-state index in [2.05, 4.69) is 29.1 Å². The van der Waals surface area contributed by atoms with Crippen LogP contribution in [0.3, 0.4) is 0 Å². The predicted molar refractivity (Wildman–Crippen MR) is 74.8 cm³/mol. The minimum atomic E-state index is 0.578. The molecule has 0 bridgehead atoms. The van der Waals surface area contributed by atoms with E-state index in [0.717, 1.165) is 19.4 Å². The van der Waals surface area contributed by atoms with Crippen molar-refractivity contribution in [3.8, 4) is 0 Å². The van der Waals surface area contributed by atoms with E-state index in [1.54, 1.807) is 6.33 Å². The highest BCUT2D eigenvalue weighted by atomic mass is 14.9. The van der Waals surface area contributed by atoms with E-state index in [1.165, 1.54) is 49.1 Å². The Hall–Kier alpha value is -0.960. The SMILES string of the molecule is CCCNC(CCC)Cc1ncnc2c1CCC2. The summed E-state index contributed by atoms with van der Waals surface area (Å²) in [5, 5.41) is 3.65. The molecule has 1 aliphatic carbocycles. The van der Waals surface area contributed by atoms with Crippen molar-refractivity contribution in [2.45, 2.75) is 64.8 Å². The Labute approximate surface area is 110 Å². The Balaban J connectivity index is 2.04. The number of aromatic nitrogens is 2. The van der Waals surface area contributed by atoms with Crippen molar-refractivity contribution in [2.24, 2.45) is 0 Å². The van der Waals surface area contributed by atoms with E-state index in [0.29, 0.717) is 6.04 Å². The molecule has 0 fully saturated rings. The molecule has 1 unspecified atom stereocenters. The summed E-state index contributed by atoms with van der Waals surface area (Å²) < 4.78 is 0. The van der Waals surface area contributed by atoms with Crippen molar-refractivity contribution in [3.63, 3.8) is 0 Å². The molecule has 3 nitrogen and oxygen atoms in total. The number of hydrogen-bond donors (Lipinski definition) is 1. The molecule has 1 heterocycles. The third kappa shape index (κ3) is 3.29. The number of rotatable bonds is 7. The molecule has 0 radical (unpaired) electrons. The molecule has 100 valence electrons. The largest absolute Gasteiger partial charge is 0.314 e. The zero-order chi connectivity index (χ0) is 12.8. The number of hydrogen-bond acceptors (Lipinski definition) is 3. The van der Waals surface area contributed by atoms with Crippen molar-refractivity contribution in [1.29, 1.82) is 0 Å². The topological polar surface area (TPSA) is 37.8 Å². The summed E-state index contributed by atoms with van der Waals surface area (Å²) in [7, 11) is 0. The third-order valence-electron chi connectivity index (χ3n) is 3.72. The van der Waals surface area contributed by atoms with E-state index < -0.39 is 0 Å². The molecule has 0 aliphatic heterocycles. The van der Waals surface area contributed by atoms with Gasteiger partial charge in [0.2, 0.25) is 0 Å². The molecular weight excluding hydrogens is 222 g/mol. The lowest BCUT2D eigenvalue weighted by molar-refractivity contribution is 0.467. The van der Waals surface area contributed by atoms with Crippen molar-refractivity contribution >= 4 is 0 Å². The van der Waals surface area contributed by atoms with Gasteiger partial charge in [0.05, 0.1) is 0 Å². The number of nitrogens with one attached hydrogen (secondary N) is 1. The lowest BCUT2D eigenvalue weighted by Crippen LogP contribution is -2.32. The molecule has 0 saturated carbocycles. The van der Waals surface area contributed by atoms with Gasteiger partial charge in [-0.3, -0.25) is 0 Å². The Morgan fingerprint density at radius 2 is 2.11 bits per heavy atom. The van der Waals surface area contributed by atoms with Gasteiger partial charge < -0.3 is 5.32 Å². The molecule has 3 heteroatoms. The first kappa shape index (κ1) is 13.5. The smallest absolute Gasteiger partial charge is 0.115 e. The Kier molecular flexibility index (Phi) is 5.12. The van der Waals surface area contributed by atoms with Gasteiger partial charge in [0, 0.05) is 23.9 Å². The van der Waals surface area contributed by atoms with E-state index in [-0.39, 0.29) is 0 Å². The Morgan fingerprint density at radius 3 is 2.89 bits per heavy atom. The predicted octanol–water partition coefficient (Wildman–Crippen LogP) is 2.68. The summed E-state index contributed by atoms with van der Waals surface area (Å²) >= 11 is 0. The molecule has 1 N–H and O–H groups in total. The van der Waals surface area contributed by atoms with Crippen LogP contribution in [0.5, 0.6) is 0 Å². The first-order valence-corrected chi connectivity index (χ1v) is 7.40. The molecular formula is C15H25N3. The van der Waals surface area contributed by atoms with Gasteiger partial charge in [-0.05, 0) is 44.2 Å². The number of aryl methyl sites for hydroxylation is 1. The summed E-state index contributed by atoms with van der Waals surface area (Å²) in [6.07, 6.45) is 10.1. The number of nitrogens with zero attached hydrogens (tertiary/aromatic N) is 2. The van der Waals surface area contributed by atoms with Crippen LogP contribution < -0.4 is 5.32 Å². The fraction of sp³-hybridized carbons (Fsp3) is 0.733. The van der Waals surface area contributed by atoms with Gasteiger partial charge in [-0.2, -0.15) is 0 Å². The van der Waals surface area contributed by atoms with Crippen molar-refractivity contribution < 1.29 is 0 Å². The maximum atomic E-state index is 4.53. The monoisotopic (exact) mass is 247 g/mol. The summed E-state index contributed by atoms with van der Waals surface area (Å²) in [5.74, 6) is 0. The zero-order valence-electron chi connectivity index (χ0n) is 11.7. The summed E-state index contributed by atoms with van der Waals surface area (Å²) in [5.41, 5.74) is 4.03. The molecule has 0 saturated heterocycles. The molecule has 1 aliphatic rings. The fourth-order valence-corrected chi connectivity index (χ4v) is 2.81. The van der Waals surface area contributed by atoms with Crippen LogP contribution in [-0.4, -0.2) is 22.6 Å². The average Bonchev–Trinajstić information content (AvgIpc) is 2.85. The molecule has 18 heavy (non-hydrogen) atoms. The second-order valence-electron chi connectivity index (χ2n) is 5.24. The second kappa shape index (κ2) is 6.83. The molecule has 0 spiro atoms. The maximum absolute atomic E-state index is 4.53. The molecule has 1 atom stereocenters. The highest BCUT2D eigenvalue weighted by molar-refractivity contribution is 5.29. The first-order chi connectivity index (χ1) is 8.85. The van der Waals surface area contributed by atoms with Crippen LogP contribution in [0.25, 0.3) is 0 Å². The quantitative estimate of drug-likeness (QED) is 0.805. The van der Waals surface area contributed by atoms with Crippen LogP contribution >= 0.6 is 0 Å². The maximum Gasteiger partial charge on any atom is 0.115 e. The van der Waals surface area contributed by atoms with Crippen LogP contribution in [0.15, 0.2) is 6.33 Å². The van der Waals surface area contributed by atoms with Crippen LogP contribution in [0.4, 0.5) is 0 Å². The molecule has 2 rings (SSSR count). The lowest BCUT2D eigenvalue weighted by Gasteiger charge is -2.18. The molecule has 0 amide bonds.